The number of halogens is 1. The van der Waals surface area contributed by atoms with Gasteiger partial charge in [0.2, 0.25) is 0 Å². The third-order valence-corrected chi connectivity index (χ3v) is 2.81. The van der Waals surface area contributed by atoms with E-state index in [1.54, 1.807) is 6.21 Å². The summed E-state index contributed by atoms with van der Waals surface area (Å²) in [6.45, 7) is -0.0243. The molecule has 90 valence electrons. The molecule has 0 heterocycles. The van der Waals surface area contributed by atoms with Crippen molar-refractivity contribution in [3.8, 4) is 0 Å². The number of nitrogens with zero attached hydrogens (tertiary/aromatic N) is 1. The summed E-state index contributed by atoms with van der Waals surface area (Å²) < 4.78 is 1.01. The van der Waals surface area contributed by atoms with E-state index in [2.05, 4.69) is 26.4 Å². The van der Waals surface area contributed by atoms with Gasteiger partial charge in [0, 0.05) is 10.5 Å². The summed E-state index contributed by atoms with van der Waals surface area (Å²) in [4.78, 5) is 16.1. The molecule has 1 amide bonds. The average molecular weight is 297 g/mol. The van der Waals surface area contributed by atoms with E-state index in [0.29, 0.717) is 6.04 Å². The number of amides is 1. The largest absolute Gasteiger partial charge is 0.386 e. The Morgan fingerprint density at radius 3 is 2.82 bits per heavy atom. The van der Waals surface area contributed by atoms with E-state index in [9.17, 15) is 4.79 Å². The quantitative estimate of drug-likeness (QED) is 0.668. The molecule has 0 aromatic heterocycles. The summed E-state index contributed by atoms with van der Waals surface area (Å²) >= 11 is 3.35. The minimum atomic E-state index is -0.111. The summed E-state index contributed by atoms with van der Waals surface area (Å²) in [5.74, 6) is -0.111. The molecule has 0 saturated heterocycles. The van der Waals surface area contributed by atoms with Crippen LogP contribution in [0.25, 0.3) is 0 Å². The second kappa shape index (κ2) is 5.82. The molecule has 1 fully saturated rings. The lowest BCUT2D eigenvalue weighted by molar-refractivity contribution is -0.125. The predicted octanol–water partition coefficient (Wildman–Crippen LogP) is 2.08. The normalized spacial score (nSPS) is 14.9. The number of hydrogen-bond donors (Lipinski definition) is 1. The van der Waals surface area contributed by atoms with Gasteiger partial charge in [-0.05, 0) is 30.5 Å². The number of carbonyl (C=O) groups is 1. The Labute approximate surface area is 108 Å². The summed E-state index contributed by atoms with van der Waals surface area (Å²) in [7, 11) is 0. The molecule has 0 aliphatic heterocycles. The summed E-state index contributed by atoms with van der Waals surface area (Å²) in [5, 5.41) is 6.55. The Morgan fingerprint density at radius 1 is 1.47 bits per heavy atom. The number of hydrogen-bond acceptors (Lipinski definition) is 3. The van der Waals surface area contributed by atoms with Crippen molar-refractivity contribution >= 4 is 28.1 Å². The molecule has 1 saturated carbocycles. The topological polar surface area (TPSA) is 50.7 Å². The van der Waals surface area contributed by atoms with Crippen molar-refractivity contribution in [2.75, 3.05) is 6.61 Å². The molecule has 0 radical (unpaired) electrons. The van der Waals surface area contributed by atoms with E-state index in [1.165, 1.54) is 0 Å². The van der Waals surface area contributed by atoms with Crippen molar-refractivity contribution in [1.29, 1.82) is 0 Å². The number of rotatable bonds is 5. The zero-order chi connectivity index (χ0) is 12.1. The SMILES string of the molecule is O=C(CO/N=C\c1ccc(Br)cc1)NC1CC1. The molecule has 0 bridgehead atoms. The van der Waals surface area contributed by atoms with Gasteiger partial charge in [-0.1, -0.05) is 33.2 Å². The van der Waals surface area contributed by atoms with Gasteiger partial charge in [0.05, 0.1) is 6.21 Å². The van der Waals surface area contributed by atoms with Crippen LogP contribution >= 0.6 is 15.9 Å². The molecular formula is C12H13BrN2O2. The van der Waals surface area contributed by atoms with E-state index in [-0.39, 0.29) is 12.5 Å². The van der Waals surface area contributed by atoms with Crippen LogP contribution in [0.5, 0.6) is 0 Å². The first-order valence-electron chi connectivity index (χ1n) is 5.44. The lowest BCUT2D eigenvalue weighted by Crippen LogP contribution is -2.28. The Kier molecular flexibility index (Phi) is 4.14. The molecule has 5 heteroatoms. The van der Waals surface area contributed by atoms with Gasteiger partial charge in [0.15, 0.2) is 6.61 Å². The highest BCUT2D eigenvalue weighted by Gasteiger charge is 2.23. The summed E-state index contributed by atoms with van der Waals surface area (Å²) in [6.07, 6.45) is 3.73. The zero-order valence-corrected chi connectivity index (χ0v) is 10.8. The van der Waals surface area contributed by atoms with Crippen molar-refractivity contribution in [3.05, 3.63) is 34.3 Å². The maximum absolute atomic E-state index is 11.2. The van der Waals surface area contributed by atoms with Gasteiger partial charge < -0.3 is 10.2 Å². The van der Waals surface area contributed by atoms with Gasteiger partial charge >= 0.3 is 0 Å². The van der Waals surface area contributed by atoms with Gasteiger partial charge in [-0.2, -0.15) is 0 Å². The monoisotopic (exact) mass is 296 g/mol. The lowest BCUT2D eigenvalue weighted by Gasteiger charge is -2.00. The van der Waals surface area contributed by atoms with Crippen LogP contribution in [0.1, 0.15) is 18.4 Å². The Bertz CT molecular complexity index is 413. The Hall–Kier alpha value is -1.36. The van der Waals surface area contributed by atoms with E-state index >= 15 is 0 Å². The summed E-state index contributed by atoms with van der Waals surface area (Å²) in [5.41, 5.74) is 0.927. The van der Waals surface area contributed by atoms with Crippen molar-refractivity contribution in [2.45, 2.75) is 18.9 Å². The molecule has 4 nitrogen and oxygen atoms in total. The minimum absolute atomic E-state index is 0.0243. The molecule has 2 rings (SSSR count). The highest BCUT2D eigenvalue weighted by atomic mass is 79.9. The first-order valence-corrected chi connectivity index (χ1v) is 6.23. The molecule has 17 heavy (non-hydrogen) atoms. The second-order valence-corrected chi connectivity index (χ2v) is 4.82. The van der Waals surface area contributed by atoms with Gasteiger partial charge in [-0.25, -0.2) is 0 Å². The van der Waals surface area contributed by atoms with E-state index in [4.69, 9.17) is 4.84 Å². The maximum atomic E-state index is 11.2. The molecule has 1 aliphatic carbocycles. The summed E-state index contributed by atoms with van der Waals surface area (Å²) in [6, 6.07) is 8.01. The molecule has 0 unspecified atom stereocenters. The molecule has 0 spiro atoms. The molecule has 1 aliphatic rings. The van der Waals surface area contributed by atoms with Gasteiger partial charge in [-0.3, -0.25) is 4.79 Å². The third kappa shape index (κ3) is 4.56. The standard InChI is InChI=1S/C12H13BrN2O2/c13-10-3-1-9(2-4-10)7-14-17-8-12(16)15-11-5-6-11/h1-4,7,11H,5-6,8H2,(H,15,16)/b14-7-. The lowest BCUT2D eigenvalue weighted by atomic mass is 10.2. The van der Waals surface area contributed by atoms with Crippen LogP contribution in [0.15, 0.2) is 33.9 Å². The van der Waals surface area contributed by atoms with Crippen molar-refractivity contribution < 1.29 is 9.63 Å². The van der Waals surface area contributed by atoms with E-state index < -0.39 is 0 Å². The molecular weight excluding hydrogens is 284 g/mol. The predicted molar refractivity (Wildman–Crippen MR) is 68.9 cm³/mol. The fourth-order valence-corrected chi connectivity index (χ4v) is 1.50. The van der Waals surface area contributed by atoms with Crippen LogP contribution in [0.2, 0.25) is 0 Å². The number of oxime groups is 1. The van der Waals surface area contributed by atoms with Crippen LogP contribution in [-0.4, -0.2) is 24.8 Å². The minimum Gasteiger partial charge on any atom is -0.386 e. The highest BCUT2D eigenvalue weighted by molar-refractivity contribution is 9.10. The average Bonchev–Trinajstić information content (AvgIpc) is 3.11. The van der Waals surface area contributed by atoms with Crippen molar-refractivity contribution in [1.82, 2.24) is 5.32 Å². The smallest absolute Gasteiger partial charge is 0.260 e. The highest BCUT2D eigenvalue weighted by Crippen LogP contribution is 2.18. The fraction of sp³-hybridized carbons (Fsp3) is 0.333. The molecule has 1 aromatic rings. The number of carbonyl (C=O) groups excluding carboxylic acids is 1. The second-order valence-electron chi connectivity index (χ2n) is 3.90. The number of nitrogens with one attached hydrogen (secondary N) is 1. The molecule has 1 aromatic carbocycles. The van der Waals surface area contributed by atoms with E-state index in [0.717, 1.165) is 22.9 Å². The fourth-order valence-electron chi connectivity index (χ4n) is 1.24. The van der Waals surface area contributed by atoms with Crippen LogP contribution in [-0.2, 0) is 9.63 Å². The first-order chi connectivity index (χ1) is 8.24. The Balaban J connectivity index is 1.69. The van der Waals surface area contributed by atoms with Gasteiger partial charge in [0.25, 0.3) is 5.91 Å². The first kappa shape index (κ1) is 12.1. The van der Waals surface area contributed by atoms with Gasteiger partial charge in [0.1, 0.15) is 0 Å². The Morgan fingerprint density at radius 2 is 2.18 bits per heavy atom. The van der Waals surface area contributed by atoms with Crippen LogP contribution < -0.4 is 5.32 Å². The van der Waals surface area contributed by atoms with Crippen molar-refractivity contribution in [3.63, 3.8) is 0 Å². The van der Waals surface area contributed by atoms with E-state index in [1.807, 2.05) is 24.3 Å². The zero-order valence-electron chi connectivity index (χ0n) is 9.23. The van der Waals surface area contributed by atoms with Crippen LogP contribution in [0, 0.1) is 0 Å². The van der Waals surface area contributed by atoms with Gasteiger partial charge in [-0.15, -0.1) is 0 Å². The molecule has 1 N–H and O–H groups in total. The van der Waals surface area contributed by atoms with Crippen LogP contribution in [0.3, 0.4) is 0 Å². The molecule has 0 atom stereocenters. The number of benzene rings is 1. The third-order valence-electron chi connectivity index (χ3n) is 2.28. The maximum Gasteiger partial charge on any atom is 0.260 e. The van der Waals surface area contributed by atoms with Crippen molar-refractivity contribution in [2.24, 2.45) is 5.16 Å². The van der Waals surface area contributed by atoms with Crippen LogP contribution in [0.4, 0.5) is 0 Å².